The number of rotatable bonds is 0. The van der Waals surface area contributed by atoms with Gasteiger partial charge >= 0.3 is 12.1 Å². The second-order valence-corrected chi connectivity index (χ2v) is 2.73. The van der Waals surface area contributed by atoms with Crippen molar-refractivity contribution < 1.29 is 28.2 Å². The van der Waals surface area contributed by atoms with E-state index in [-0.39, 0.29) is 16.9 Å². The second-order valence-electron chi connectivity index (χ2n) is 2.73. The Hall–Kier alpha value is -2.74. The van der Waals surface area contributed by atoms with Crippen molar-refractivity contribution in [1.82, 2.24) is 0 Å². The third-order valence-corrected chi connectivity index (χ3v) is 1.52. The summed E-state index contributed by atoms with van der Waals surface area (Å²) in [5.74, 6) is -3.00. The standard InChI is InChI=1S/C8H4N2O.C2HF3O2/c9-4-6-2-1-3-7(5-10)8(6)11;3-2(4,5)1(6)7/h1-3,11H;(H,6,7). The van der Waals surface area contributed by atoms with Gasteiger partial charge in [-0.25, -0.2) is 4.79 Å². The first-order valence-electron chi connectivity index (χ1n) is 4.16. The molecule has 0 unspecified atom stereocenters. The van der Waals surface area contributed by atoms with Gasteiger partial charge in [0.2, 0.25) is 0 Å². The molecule has 0 aromatic heterocycles. The van der Waals surface area contributed by atoms with Crippen molar-refractivity contribution in [2.24, 2.45) is 0 Å². The summed E-state index contributed by atoms with van der Waals surface area (Å²) in [4.78, 5) is 8.90. The highest BCUT2D eigenvalue weighted by Gasteiger charge is 2.38. The molecule has 0 amide bonds. The molecule has 1 aromatic carbocycles. The molecule has 0 aliphatic carbocycles. The fraction of sp³-hybridized carbons (Fsp3) is 0.100. The fourth-order valence-corrected chi connectivity index (χ4v) is 0.724. The van der Waals surface area contributed by atoms with E-state index in [1.54, 1.807) is 18.2 Å². The summed E-state index contributed by atoms with van der Waals surface area (Å²) < 4.78 is 31.7. The number of aromatic hydroxyl groups is 1. The number of para-hydroxylation sites is 1. The summed E-state index contributed by atoms with van der Waals surface area (Å²) in [6.45, 7) is 0. The summed E-state index contributed by atoms with van der Waals surface area (Å²) >= 11 is 0. The van der Waals surface area contributed by atoms with E-state index >= 15 is 0 Å². The van der Waals surface area contributed by atoms with Crippen LogP contribution in [0.15, 0.2) is 18.2 Å². The van der Waals surface area contributed by atoms with Gasteiger partial charge in [0, 0.05) is 0 Å². The number of aliphatic carboxylic acids is 1. The number of alkyl halides is 3. The maximum Gasteiger partial charge on any atom is 0.490 e. The van der Waals surface area contributed by atoms with Crippen molar-refractivity contribution in [1.29, 1.82) is 10.5 Å². The van der Waals surface area contributed by atoms with Crippen molar-refractivity contribution in [2.45, 2.75) is 6.18 Å². The van der Waals surface area contributed by atoms with Crippen molar-refractivity contribution in [3.8, 4) is 17.9 Å². The summed E-state index contributed by atoms with van der Waals surface area (Å²) in [7, 11) is 0. The number of hydrogen-bond acceptors (Lipinski definition) is 4. The number of phenols is 1. The Balaban J connectivity index is 0.000000360. The highest BCUT2D eigenvalue weighted by atomic mass is 19.4. The molecule has 1 rings (SSSR count). The van der Waals surface area contributed by atoms with Gasteiger partial charge in [-0.15, -0.1) is 0 Å². The predicted molar refractivity (Wildman–Crippen MR) is 51.2 cm³/mol. The van der Waals surface area contributed by atoms with E-state index in [0.717, 1.165) is 0 Å². The van der Waals surface area contributed by atoms with E-state index in [9.17, 15) is 13.2 Å². The second kappa shape index (κ2) is 6.11. The predicted octanol–water partition coefficient (Wildman–Crippen LogP) is 1.77. The first-order valence-corrected chi connectivity index (χ1v) is 4.16. The number of nitrogens with zero attached hydrogens (tertiary/aromatic N) is 2. The zero-order chi connectivity index (χ0) is 14.3. The average Bonchev–Trinajstić information content (AvgIpc) is 2.29. The van der Waals surface area contributed by atoms with Gasteiger partial charge in [-0.2, -0.15) is 23.7 Å². The van der Waals surface area contributed by atoms with Crippen molar-refractivity contribution >= 4 is 5.97 Å². The minimum absolute atomic E-state index is 0.129. The van der Waals surface area contributed by atoms with Gasteiger partial charge in [0.05, 0.1) is 11.1 Å². The van der Waals surface area contributed by atoms with Gasteiger partial charge in [0.1, 0.15) is 12.1 Å². The van der Waals surface area contributed by atoms with Crippen LogP contribution in [0, 0.1) is 22.7 Å². The van der Waals surface area contributed by atoms with Crippen molar-refractivity contribution in [3.63, 3.8) is 0 Å². The molecule has 0 fully saturated rings. The zero-order valence-electron chi connectivity index (χ0n) is 8.56. The SMILES string of the molecule is N#Cc1cccc(C#N)c1O.O=C(O)C(F)(F)F. The largest absolute Gasteiger partial charge is 0.505 e. The lowest BCUT2D eigenvalue weighted by atomic mass is 10.1. The summed E-state index contributed by atoms with van der Waals surface area (Å²) in [5.41, 5.74) is 0.258. The number of benzene rings is 1. The smallest absolute Gasteiger partial charge is 0.490 e. The van der Waals surface area contributed by atoms with Gasteiger partial charge in [-0.05, 0) is 12.1 Å². The number of nitriles is 2. The van der Waals surface area contributed by atoms with E-state index < -0.39 is 12.1 Å². The molecule has 0 aliphatic rings. The molecule has 8 heteroatoms. The highest BCUT2D eigenvalue weighted by molar-refractivity contribution is 5.73. The van der Waals surface area contributed by atoms with Crippen LogP contribution in [0.1, 0.15) is 11.1 Å². The van der Waals surface area contributed by atoms with Gasteiger partial charge in [0.25, 0.3) is 0 Å². The summed E-state index contributed by atoms with van der Waals surface area (Å²) in [6.07, 6.45) is -5.08. The molecular weight excluding hydrogens is 253 g/mol. The normalized spacial score (nSPS) is 9.39. The molecule has 0 saturated carbocycles. The molecule has 5 nitrogen and oxygen atoms in total. The number of carboxylic acids is 1. The Morgan fingerprint density at radius 1 is 1.17 bits per heavy atom. The van der Waals surface area contributed by atoms with Crippen LogP contribution in [0.25, 0.3) is 0 Å². The molecule has 0 atom stereocenters. The average molecular weight is 258 g/mol. The van der Waals surface area contributed by atoms with Crippen LogP contribution in [0.3, 0.4) is 0 Å². The molecule has 18 heavy (non-hydrogen) atoms. The number of hydrogen-bond donors (Lipinski definition) is 2. The maximum atomic E-state index is 10.6. The van der Waals surface area contributed by atoms with E-state index in [0.29, 0.717) is 0 Å². The lowest BCUT2D eigenvalue weighted by Gasteiger charge is -1.95. The molecule has 0 spiro atoms. The monoisotopic (exact) mass is 258 g/mol. The first kappa shape index (κ1) is 15.3. The maximum absolute atomic E-state index is 10.6. The number of carbonyl (C=O) groups is 1. The highest BCUT2D eigenvalue weighted by Crippen LogP contribution is 2.19. The minimum atomic E-state index is -5.08. The van der Waals surface area contributed by atoms with Crippen LogP contribution in [0.2, 0.25) is 0 Å². The Kier molecular flexibility index (Phi) is 5.18. The van der Waals surface area contributed by atoms with Crippen LogP contribution in [0.4, 0.5) is 13.2 Å². The van der Waals surface area contributed by atoms with Gasteiger partial charge in [0.15, 0.2) is 5.75 Å². The summed E-state index contributed by atoms with van der Waals surface area (Å²) in [5, 5.41) is 33.1. The topological polar surface area (TPSA) is 105 Å². The van der Waals surface area contributed by atoms with E-state index in [2.05, 4.69) is 0 Å². The third-order valence-electron chi connectivity index (χ3n) is 1.52. The molecule has 0 aliphatic heterocycles. The number of phenolic OH excluding ortho intramolecular Hbond substituents is 1. The number of halogens is 3. The van der Waals surface area contributed by atoms with Crippen molar-refractivity contribution in [2.75, 3.05) is 0 Å². The molecule has 94 valence electrons. The number of carboxylic acid groups (broad SMARTS) is 1. The Morgan fingerprint density at radius 2 is 1.50 bits per heavy atom. The summed E-state index contributed by atoms with van der Waals surface area (Å²) in [6, 6.07) is 8.00. The molecule has 0 bridgehead atoms. The van der Waals surface area contributed by atoms with Crippen LogP contribution < -0.4 is 0 Å². The van der Waals surface area contributed by atoms with Gasteiger partial charge in [-0.3, -0.25) is 0 Å². The molecule has 2 N–H and O–H groups in total. The molecule has 1 aromatic rings. The third kappa shape index (κ3) is 4.41. The Labute approximate surface area is 98.9 Å². The van der Waals surface area contributed by atoms with Crippen LogP contribution >= 0.6 is 0 Å². The lowest BCUT2D eigenvalue weighted by Crippen LogP contribution is -2.21. The lowest BCUT2D eigenvalue weighted by molar-refractivity contribution is -0.192. The molecule has 0 radical (unpaired) electrons. The van der Waals surface area contributed by atoms with E-state index in [1.165, 1.54) is 12.1 Å². The fourth-order valence-electron chi connectivity index (χ4n) is 0.724. The van der Waals surface area contributed by atoms with Gasteiger partial charge < -0.3 is 10.2 Å². The molecular formula is C10H5F3N2O3. The van der Waals surface area contributed by atoms with E-state index in [1.807, 2.05) is 0 Å². The molecule has 0 heterocycles. The molecule has 0 saturated heterocycles. The van der Waals surface area contributed by atoms with Crippen LogP contribution in [-0.4, -0.2) is 22.4 Å². The Morgan fingerprint density at radius 3 is 1.72 bits per heavy atom. The zero-order valence-corrected chi connectivity index (χ0v) is 8.56. The van der Waals surface area contributed by atoms with Crippen LogP contribution in [-0.2, 0) is 4.79 Å². The van der Waals surface area contributed by atoms with Crippen molar-refractivity contribution in [3.05, 3.63) is 29.3 Å². The Bertz CT molecular complexity index is 494. The van der Waals surface area contributed by atoms with E-state index in [4.69, 9.17) is 25.5 Å². The van der Waals surface area contributed by atoms with Crippen LogP contribution in [0.5, 0.6) is 5.75 Å². The first-order chi connectivity index (χ1) is 8.23. The minimum Gasteiger partial charge on any atom is -0.505 e. The quantitative estimate of drug-likeness (QED) is 0.737. The van der Waals surface area contributed by atoms with Gasteiger partial charge in [-0.1, -0.05) is 6.07 Å².